The van der Waals surface area contributed by atoms with Gasteiger partial charge in [0, 0.05) is 12.1 Å². The largest absolute Gasteiger partial charge is 0.347 e. The molecule has 1 heterocycles. The van der Waals surface area contributed by atoms with E-state index in [2.05, 4.69) is 47.8 Å². The van der Waals surface area contributed by atoms with Crippen molar-refractivity contribution < 1.29 is 19.0 Å². The molecular formula is C24H28FN3O+2. The van der Waals surface area contributed by atoms with E-state index in [4.69, 9.17) is 0 Å². The number of piperazine rings is 1. The van der Waals surface area contributed by atoms with Crippen LogP contribution >= 0.6 is 0 Å². The van der Waals surface area contributed by atoms with Crippen LogP contribution in [0.4, 0.5) is 4.39 Å². The maximum absolute atomic E-state index is 12.9. The van der Waals surface area contributed by atoms with E-state index in [1.165, 1.54) is 33.4 Å². The van der Waals surface area contributed by atoms with Crippen molar-refractivity contribution in [2.24, 2.45) is 0 Å². The van der Waals surface area contributed by atoms with E-state index in [0.29, 0.717) is 13.1 Å². The molecule has 4 nitrogen and oxygen atoms in total. The Bertz CT molecular complexity index is 960. The second-order valence-corrected chi connectivity index (χ2v) is 7.90. The minimum atomic E-state index is -0.256. The minimum absolute atomic E-state index is 0.0572. The number of carbonyl (C=O) groups excluding carboxylic acids is 1. The third-order valence-electron chi connectivity index (χ3n) is 5.80. The lowest BCUT2D eigenvalue weighted by molar-refractivity contribution is -1.02. The van der Waals surface area contributed by atoms with Gasteiger partial charge in [0.05, 0.1) is 0 Å². The Labute approximate surface area is 170 Å². The van der Waals surface area contributed by atoms with E-state index < -0.39 is 0 Å². The highest BCUT2D eigenvalue weighted by Gasteiger charge is 2.25. The standard InChI is InChI=1S/C24H26FN3O/c25-22-10-8-19(9-11-22)16-26-24(29)18-28-14-12-27(13-15-28)17-21-6-3-5-20-4-1-2-7-23(20)21/h1-11H,12-18H2,(H,26,29)/p+2. The zero-order valence-electron chi connectivity index (χ0n) is 16.6. The van der Waals surface area contributed by atoms with Gasteiger partial charge in [0.2, 0.25) is 0 Å². The van der Waals surface area contributed by atoms with Crippen LogP contribution in [-0.4, -0.2) is 38.6 Å². The summed E-state index contributed by atoms with van der Waals surface area (Å²) >= 11 is 0. The summed E-state index contributed by atoms with van der Waals surface area (Å²) in [6.45, 7) is 6.14. The molecule has 0 spiro atoms. The summed E-state index contributed by atoms with van der Waals surface area (Å²) < 4.78 is 12.9. The summed E-state index contributed by atoms with van der Waals surface area (Å²) in [5.74, 6) is -0.199. The summed E-state index contributed by atoms with van der Waals surface area (Å²) in [5.41, 5.74) is 2.32. The molecule has 29 heavy (non-hydrogen) atoms. The minimum Gasteiger partial charge on any atom is -0.347 e. The van der Waals surface area contributed by atoms with Gasteiger partial charge in [0.15, 0.2) is 6.54 Å². The number of hydrogen-bond acceptors (Lipinski definition) is 1. The molecule has 1 aliphatic rings. The summed E-state index contributed by atoms with van der Waals surface area (Å²) in [4.78, 5) is 15.2. The van der Waals surface area contributed by atoms with Gasteiger partial charge in [-0.3, -0.25) is 4.79 Å². The molecule has 0 atom stereocenters. The number of nitrogens with one attached hydrogen (secondary N) is 3. The van der Waals surface area contributed by atoms with Gasteiger partial charge in [0.1, 0.15) is 38.5 Å². The molecular weight excluding hydrogens is 365 g/mol. The highest BCUT2D eigenvalue weighted by atomic mass is 19.1. The number of halogens is 1. The van der Waals surface area contributed by atoms with Crippen molar-refractivity contribution in [3.05, 3.63) is 83.7 Å². The lowest BCUT2D eigenvalue weighted by atomic mass is 10.0. The van der Waals surface area contributed by atoms with Crippen LogP contribution in [-0.2, 0) is 17.9 Å². The SMILES string of the molecule is O=C(C[NH+]1CC[NH+](Cc2cccc3ccccc23)CC1)NCc1ccc(F)cc1. The molecule has 1 amide bonds. The van der Waals surface area contributed by atoms with Crippen LogP contribution in [0.2, 0.25) is 0 Å². The molecule has 0 aliphatic carbocycles. The normalized spacial score (nSPS) is 19.2. The van der Waals surface area contributed by atoms with Crippen LogP contribution in [0.25, 0.3) is 10.8 Å². The third kappa shape index (κ3) is 5.19. The van der Waals surface area contributed by atoms with Crippen molar-refractivity contribution in [2.75, 3.05) is 32.7 Å². The molecule has 4 rings (SSSR count). The van der Waals surface area contributed by atoms with E-state index in [0.717, 1.165) is 38.3 Å². The highest BCUT2D eigenvalue weighted by molar-refractivity contribution is 5.85. The van der Waals surface area contributed by atoms with Gasteiger partial charge in [0.25, 0.3) is 5.91 Å². The van der Waals surface area contributed by atoms with Crippen molar-refractivity contribution in [3.63, 3.8) is 0 Å². The van der Waals surface area contributed by atoms with Crippen molar-refractivity contribution in [1.82, 2.24) is 5.32 Å². The lowest BCUT2D eigenvalue weighted by Gasteiger charge is -2.29. The Kier molecular flexibility index (Phi) is 6.17. The van der Waals surface area contributed by atoms with Gasteiger partial charge >= 0.3 is 0 Å². The van der Waals surface area contributed by atoms with Crippen molar-refractivity contribution in [1.29, 1.82) is 0 Å². The van der Waals surface area contributed by atoms with E-state index in [9.17, 15) is 9.18 Å². The monoisotopic (exact) mass is 393 g/mol. The fourth-order valence-corrected chi connectivity index (χ4v) is 4.12. The molecule has 3 aromatic rings. The molecule has 3 aromatic carbocycles. The van der Waals surface area contributed by atoms with E-state index in [1.807, 2.05) is 0 Å². The Morgan fingerprint density at radius 3 is 2.34 bits per heavy atom. The molecule has 150 valence electrons. The Morgan fingerprint density at radius 2 is 1.55 bits per heavy atom. The first-order valence-electron chi connectivity index (χ1n) is 10.3. The average molecular weight is 394 g/mol. The van der Waals surface area contributed by atoms with E-state index in [1.54, 1.807) is 17.0 Å². The Balaban J connectivity index is 1.24. The number of rotatable bonds is 6. The lowest BCUT2D eigenvalue weighted by Crippen LogP contribution is -3.28. The molecule has 5 heteroatoms. The maximum atomic E-state index is 12.9. The first-order chi connectivity index (χ1) is 14.2. The van der Waals surface area contributed by atoms with E-state index in [-0.39, 0.29) is 11.7 Å². The first kappa shape index (κ1) is 19.6. The van der Waals surface area contributed by atoms with Gasteiger partial charge in [-0.05, 0) is 28.5 Å². The summed E-state index contributed by atoms with van der Waals surface area (Å²) in [6.07, 6.45) is 0. The van der Waals surface area contributed by atoms with Crippen LogP contribution < -0.4 is 15.1 Å². The third-order valence-corrected chi connectivity index (χ3v) is 5.80. The Morgan fingerprint density at radius 1 is 0.862 bits per heavy atom. The van der Waals surface area contributed by atoms with Gasteiger partial charge < -0.3 is 15.1 Å². The molecule has 0 saturated carbocycles. The van der Waals surface area contributed by atoms with E-state index >= 15 is 0 Å². The average Bonchev–Trinajstić information content (AvgIpc) is 2.75. The fourth-order valence-electron chi connectivity index (χ4n) is 4.12. The number of quaternary nitrogens is 2. The molecule has 1 saturated heterocycles. The van der Waals surface area contributed by atoms with Crippen LogP contribution in [0.5, 0.6) is 0 Å². The number of benzene rings is 3. The number of hydrogen-bond donors (Lipinski definition) is 3. The molecule has 0 bridgehead atoms. The Hall–Kier alpha value is -2.76. The number of amides is 1. The van der Waals surface area contributed by atoms with Crippen molar-refractivity contribution in [3.8, 4) is 0 Å². The molecule has 0 unspecified atom stereocenters. The van der Waals surface area contributed by atoms with Crippen molar-refractivity contribution in [2.45, 2.75) is 13.1 Å². The molecule has 0 radical (unpaired) electrons. The summed E-state index contributed by atoms with van der Waals surface area (Å²) in [7, 11) is 0. The zero-order chi connectivity index (χ0) is 20.1. The molecule has 1 aliphatic heterocycles. The highest BCUT2D eigenvalue weighted by Crippen LogP contribution is 2.17. The van der Waals surface area contributed by atoms with Crippen LogP contribution in [0, 0.1) is 5.82 Å². The number of carbonyl (C=O) groups is 1. The summed E-state index contributed by atoms with van der Waals surface area (Å²) in [6, 6.07) is 21.4. The van der Waals surface area contributed by atoms with Crippen LogP contribution in [0.3, 0.4) is 0 Å². The molecule has 1 fully saturated rings. The zero-order valence-corrected chi connectivity index (χ0v) is 16.6. The summed E-state index contributed by atoms with van der Waals surface area (Å²) in [5, 5.41) is 5.59. The van der Waals surface area contributed by atoms with Crippen LogP contribution in [0.1, 0.15) is 11.1 Å². The first-order valence-corrected chi connectivity index (χ1v) is 10.3. The van der Waals surface area contributed by atoms with Crippen LogP contribution in [0.15, 0.2) is 66.7 Å². The smallest absolute Gasteiger partial charge is 0.275 e. The maximum Gasteiger partial charge on any atom is 0.275 e. The molecule has 3 N–H and O–H groups in total. The van der Waals surface area contributed by atoms with Gasteiger partial charge in [-0.15, -0.1) is 0 Å². The van der Waals surface area contributed by atoms with Gasteiger partial charge in [-0.2, -0.15) is 0 Å². The predicted octanol–water partition coefficient (Wildman–Crippen LogP) is 0.579. The topological polar surface area (TPSA) is 38.0 Å². The van der Waals surface area contributed by atoms with Gasteiger partial charge in [-0.1, -0.05) is 54.6 Å². The molecule has 0 aromatic heterocycles. The second kappa shape index (κ2) is 9.16. The predicted molar refractivity (Wildman–Crippen MR) is 112 cm³/mol. The van der Waals surface area contributed by atoms with Gasteiger partial charge in [-0.25, -0.2) is 4.39 Å². The fraction of sp³-hybridized carbons (Fsp3) is 0.292. The quantitative estimate of drug-likeness (QED) is 0.563. The van der Waals surface area contributed by atoms with Crippen molar-refractivity contribution >= 4 is 16.7 Å². The number of fused-ring (bicyclic) bond motifs is 1. The second-order valence-electron chi connectivity index (χ2n) is 7.90.